The lowest BCUT2D eigenvalue weighted by molar-refractivity contribution is -0.594. The zero-order valence-electron chi connectivity index (χ0n) is 10.5. The molecular weight excluding hydrogens is 349 g/mol. The van der Waals surface area contributed by atoms with E-state index in [0.29, 0.717) is 0 Å². The topological polar surface area (TPSA) is 13.1 Å². The van der Waals surface area contributed by atoms with Gasteiger partial charge < -0.3 is 4.74 Å². The van der Waals surface area contributed by atoms with E-state index in [1.807, 2.05) is 12.1 Å². The summed E-state index contributed by atoms with van der Waals surface area (Å²) in [6.07, 6.45) is 4.19. The van der Waals surface area contributed by atoms with Crippen LogP contribution >= 0.6 is 22.6 Å². The molecule has 0 spiro atoms. The molecule has 19 heavy (non-hydrogen) atoms. The third-order valence-corrected chi connectivity index (χ3v) is 3.78. The molecule has 0 N–H and O–H groups in total. The molecule has 0 aliphatic heterocycles. The van der Waals surface area contributed by atoms with Gasteiger partial charge in [0.2, 0.25) is 5.69 Å². The molecule has 3 aromatic rings. The van der Waals surface area contributed by atoms with Crippen LogP contribution in [0.2, 0.25) is 0 Å². The van der Waals surface area contributed by atoms with Gasteiger partial charge >= 0.3 is 0 Å². The van der Waals surface area contributed by atoms with Gasteiger partial charge in [-0.3, -0.25) is 0 Å². The summed E-state index contributed by atoms with van der Waals surface area (Å²) in [6, 6.07) is 16.6. The van der Waals surface area contributed by atoms with Gasteiger partial charge in [-0.05, 0) is 40.1 Å². The molecule has 0 bridgehead atoms. The molecule has 0 atom stereocenters. The van der Waals surface area contributed by atoms with E-state index in [4.69, 9.17) is 4.74 Å². The van der Waals surface area contributed by atoms with Crippen LogP contribution in [0.5, 0.6) is 5.75 Å². The average Bonchev–Trinajstić information content (AvgIpc) is 2.46. The van der Waals surface area contributed by atoms with Crippen molar-refractivity contribution >= 4 is 33.4 Å². The predicted molar refractivity (Wildman–Crippen MR) is 84.7 cm³/mol. The number of hydrogen-bond donors (Lipinski definition) is 0. The monoisotopic (exact) mass is 362 g/mol. The maximum absolute atomic E-state index is 5.43. The van der Waals surface area contributed by atoms with Crippen molar-refractivity contribution in [2.75, 3.05) is 7.11 Å². The summed E-state index contributed by atoms with van der Waals surface area (Å²) in [5, 5.41) is 2.30. The highest BCUT2D eigenvalue weighted by molar-refractivity contribution is 14.1. The Balaban J connectivity index is 2.21. The lowest BCUT2D eigenvalue weighted by Crippen LogP contribution is -2.29. The van der Waals surface area contributed by atoms with Crippen LogP contribution in [0, 0.1) is 3.57 Å². The Morgan fingerprint density at radius 1 is 1.05 bits per heavy atom. The van der Waals surface area contributed by atoms with Crippen LogP contribution in [0.1, 0.15) is 0 Å². The number of rotatable bonds is 2. The van der Waals surface area contributed by atoms with Crippen LogP contribution in [0.15, 0.2) is 60.9 Å². The molecule has 2 nitrogen and oxygen atoms in total. The highest BCUT2D eigenvalue weighted by Crippen LogP contribution is 2.23. The van der Waals surface area contributed by atoms with Crippen LogP contribution in [0.25, 0.3) is 16.5 Å². The first-order chi connectivity index (χ1) is 9.28. The normalized spacial score (nSPS) is 10.6. The number of aromatic nitrogens is 1. The minimum atomic E-state index is 0.900. The van der Waals surface area contributed by atoms with Gasteiger partial charge in [-0.1, -0.05) is 18.2 Å². The fourth-order valence-corrected chi connectivity index (χ4v) is 2.69. The van der Waals surface area contributed by atoms with Gasteiger partial charge in [0.1, 0.15) is 5.75 Å². The van der Waals surface area contributed by atoms with Gasteiger partial charge in [0, 0.05) is 21.8 Å². The highest BCUT2D eigenvalue weighted by atomic mass is 127. The summed E-state index contributed by atoms with van der Waals surface area (Å²) in [5.74, 6) is 0.900. The highest BCUT2D eigenvalue weighted by Gasteiger charge is 2.10. The summed E-state index contributed by atoms with van der Waals surface area (Å²) in [7, 11) is 1.71. The lowest BCUT2D eigenvalue weighted by Gasteiger charge is -2.04. The third-order valence-electron chi connectivity index (χ3n) is 3.11. The van der Waals surface area contributed by atoms with Gasteiger partial charge in [-0.25, -0.2) is 0 Å². The minimum Gasteiger partial charge on any atom is -0.496 e. The molecule has 0 amide bonds. The number of methoxy groups -OCH3 is 1. The molecule has 0 aliphatic rings. The molecule has 0 unspecified atom stereocenters. The standard InChI is InChI=1S/C16H13INO/c1-19-16-7-2-4-12-8-9-18(11-15(12)16)14-6-3-5-13(17)10-14/h2-11H,1H3/q+1. The van der Waals surface area contributed by atoms with Crippen molar-refractivity contribution in [1.82, 2.24) is 0 Å². The lowest BCUT2D eigenvalue weighted by atomic mass is 10.1. The quantitative estimate of drug-likeness (QED) is 0.500. The average molecular weight is 362 g/mol. The van der Waals surface area contributed by atoms with Gasteiger partial charge in [0.05, 0.1) is 12.5 Å². The molecule has 0 saturated heterocycles. The van der Waals surface area contributed by atoms with Crippen molar-refractivity contribution in [3.8, 4) is 11.4 Å². The largest absolute Gasteiger partial charge is 0.496 e. The van der Waals surface area contributed by atoms with Crippen molar-refractivity contribution in [2.45, 2.75) is 0 Å². The summed E-state index contributed by atoms with van der Waals surface area (Å²) < 4.78 is 8.77. The molecular formula is C16H13INO+. The second kappa shape index (κ2) is 5.17. The molecule has 94 valence electrons. The van der Waals surface area contributed by atoms with Gasteiger partial charge in [0.25, 0.3) is 0 Å². The molecule has 0 fully saturated rings. The second-order valence-electron chi connectivity index (χ2n) is 4.30. The summed E-state index contributed by atoms with van der Waals surface area (Å²) in [5.41, 5.74) is 1.15. The van der Waals surface area contributed by atoms with Crippen LogP contribution in [0.4, 0.5) is 0 Å². The Labute approximate surface area is 125 Å². The van der Waals surface area contributed by atoms with Gasteiger partial charge in [-0.15, -0.1) is 0 Å². The maximum atomic E-state index is 5.43. The second-order valence-corrected chi connectivity index (χ2v) is 5.54. The molecule has 0 radical (unpaired) electrons. The van der Waals surface area contributed by atoms with Crippen LogP contribution < -0.4 is 9.30 Å². The maximum Gasteiger partial charge on any atom is 0.211 e. The number of hydrogen-bond acceptors (Lipinski definition) is 1. The zero-order chi connectivity index (χ0) is 13.2. The van der Waals surface area contributed by atoms with Crippen molar-refractivity contribution in [3.63, 3.8) is 0 Å². The molecule has 3 rings (SSSR count). The van der Waals surface area contributed by atoms with E-state index in [1.54, 1.807) is 7.11 Å². The van der Waals surface area contributed by atoms with Crippen molar-refractivity contribution in [1.29, 1.82) is 0 Å². The molecule has 1 heterocycles. The minimum absolute atomic E-state index is 0.900. The third kappa shape index (κ3) is 2.42. The summed E-state index contributed by atoms with van der Waals surface area (Å²) in [6.45, 7) is 0. The smallest absolute Gasteiger partial charge is 0.211 e. The van der Waals surface area contributed by atoms with E-state index >= 15 is 0 Å². The van der Waals surface area contributed by atoms with Crippen LogP contribution in [-0.2, 0) is 0 Å². The number of ether oxygens (including phenoxy) is 1. The van der Waals surface area contributed by atoms with Gasteiger partial charge in [0.15, 0.2) is 12.4 Å². The molecule has 0 aliphatic carbocycles. The Morgan fingerprint density at radius 3 is 2.68 bits per heavy atom. The molecule has 1 aromatic heterocycles. The summed E-state index contributed by atoms with van der Waals surface area (Å²) in [4.78, 5) is 0. The molecule has 2 aromatic carbocycles. The number of pyridine rings is 1. The van der Waals surface area contributed by atoms with E-state index in [2.05, 4.69) is 75.9 Å². The number of fused-ring (bicyclic) bond motifs is 1. The van der Waals surface area contributed by atoms with E-state index in [-0.39, 0.29) is 0 Å². The van der Waals surface area contributed by atoms with Gasteiger partial charge in [-0.2, -0.15) is 4.57 Å². The fraction of sp³-hybridized carbons (Fsp3) is 0.0625. The van der Waals surface area contributed by atoms with E-state index in [0.717, 1.165) is 16.8 Å². The molecule has 0 saturated carbocycles. The van der Waals surface area contributed by atoms with E-state index in [9.17, 15) is 0 Å². The molecule has 3 heteroatoms. The number of benzene rings is 2. The van der Waals surface area contributed by atoms with Crippen molar-refractivity contribution in [2.24, 2.45) is 0 Å². The van der Waals surface area contributed by atoms with Crippen LogP contribution in [0.3, 0.4) is 0 Å². The Morgan fingerprint density at radius 2 is 1.89 bits per heavy atom. The predicted octanol–water partition coefficient (Wildman–Crippen LogP) is 3.73. The van der Waals surface area contributed by atoms with E-state index < -0.39 is 0 Å². The Kier molecular flexibility index (Phi) is 3.38. The fourth-order valence-electron chi connectivity index (χ4n) is 2.16. The Bertz CT molecular complexity index is 740. The zero-order valence-corrected chi connectivity index (χ0v) is 12.7. The van der Waals surface area contributed by atoms with E-state index in [1.165, 1.54) is 8.96 Å². The number of nitrogens with zero attached hydrogens (tertiary/aromatic N) is 1. The Hall–Kier alpha value is -1.62. The van der Waals surface area contributed by atoms with Crippen molar-refractivity contribution < 1.29 is 9.30 Å². The first-order valence-electron chi connectivity index (χ1n) is 6.02. The van der Waals surface area contributed by atoms with Crippen molar-refractivity contribution in [3.05, 3.63) is 64.5 Å². The number of halogens is 1. The summed E-state index contributed by atoms with van der Waals surface area (Å²) >= 11 is 2.33. The SMILES string of the molecule is COc1cccc2cc[n+](-c3cccc(I)c3)cc12. The first kappa shape index (κ1) is 12.4. The van der Waals surface area contributed by atoms with Crippen LogP contribution in [-0.4, -0.2) is 7.11 Å². The first-order valence-corrected chi connectivity index (χ1v) is 7.10.